The molecule has 2 aliphatic rings. The molecule has 0 radical (unpaired) electrons. The van der Waals surface area contributed by atoms with E-state index in [9.17, 15) is 23.2 Å². The van der Waals surface area contributed by atoms with Gasteiger partial charge >= 0.3 is 6.61 Å². The monoisotopic (exact) mass is 410 g/mol. The third-order valence-electron chi connectivity index (χ3n) is 5.43. The van der Waals surface area contributed by atoms with Gasteiger partial charge in [-0.1, -0.05) is 18.9 Å². The zero-order valence-corrected chi connectivity index (χ0v) is 16.2. The summed E-state index contributed by atoms with van der Waals surface area (Å²) in [7, 11) is 1.33. The second-order valence-corrected chi connectivity index (χ2v) is 7.22. The van der Waals surface area contributed by atoms with E-state index in [1.165, 1.54) is 24.1 Å². The smallest absolute Gasteiger partial charge is 0.387 e. The molecule has 7 nitrogen and oxygen atoms in total. The number of methoxy groups -OCH3 is 1. The maximum absolute atomic E-state index is 12.4. The van der Waals surface area contributed by atoms with Crippen molar-refractivity contribution in [3.8, 4) is 11.5 Å². The van der Waals surface area contributed by atoms with Crippen molar-refractivity contribution in [3.05, 3.63) is 23.8 Å². The average Bonchev–Trinajstić information content (AvgIpc) is 2.95. The Morgan fingerprint density at radius 2 is 1.83 bits per heavy atom. The Hall–Kier alpha value is -2.71. The van der Waals surface area contributed by atoms with Crippen LogP contribution in [0.15, 0.2) is 18.2 Å². The fraction of sp³-hybridized carbons (Fsp3) is 0.550. The highest BCUT2D eigenvalue weighted by atomic mass is 19.3. The van der Waals surface area contributed by atoms with Gasteiger partial charge in [-0.2, -0.15) is 8.78 Å². The Bertz CT molecular complexity index is 762. The van der Waals surface area contributed by atoms with Gasteiger partial charge in [-0.3, -0.25) is 19.3 Å². The van der Waals surface area contributed by atoms with Crippen LogP contribution in [0.1, 0.15) is 37.7 Å². The number of hydrogen-bond donors (Lipinski definition) is 1. The number of alkyl halides is 2. The third kappa shape index (κ3) is 4.83. The van der Waals surface area contributed by atoms with Gasteiger partial charge in [0.2, 0.25) is 17.7 Å². The largest absolute Gasteiger partial charge is 0.493 e. The first-order valence-electron chi connectivity index (χ1n) is 9.64. The van der Waals surface area contributed by atoms with Gasteiger partial charge in [0.25, 0.3) is 0 Å². The van der Waals surface area contributed by atoms with E-state index in [2.05, 4.69) is 10.1 Å². The Labute approximate surface area is 167 Å². The number of likely N-dealkylation sites (tertiary alicyclic amines) is 1. The summed E-state index contributed by atoms with van der Waals surface area (Å²) in [5, 5.41) is 2.69. The number of carbonyl (C=O) groups excluding carboxylic acids is 3. The zero-order chi connectivity index (χ0) is 21.0. The zero-order valence-electron chi connectivity index (χ0n) is 16.2. The molecule has 1 aliphatic heterocycles. The van der Waals surface area contributed by atoms with E-state index < -0.39 is 6.61 Å². The van der Waals surface area contributed by atoms with Crippen LogP contribution in [-0.2, 0) is 20.9 Å². The molecule has 1 saturated carbocycles. The molecule has 1 aromatic rings. The molecule has 2 fully saturated rings. The molecule has 3 rings (SSSR count). The molecular weight excluding hydrogens is 386 g/mol. The summed E-state index contributed by atoms with van der Waals surface area (Å²) < 4.78 is 34.1. The number of nitrogens with zero attached hydrogens (tertiary/aromatic N) is 1. The fourth-order valence-corrected chi connectivity index (χ4v) is 3.97. The first-order valence-corrected chi connectivity index (χ1v) is 9.64. The molecule has 1 aromatic carbocycles. The van der Waals surface area contributed by atoms with Gasteiger partial charge in [-0.25, -0.2) is 0 Å². The summed E-state index contributed by atoms with van der Waals surface area (Å²) in [4.78, 5) is 38.2. The van der Waals surface area contributed by atoms with E-state index in [-0.39, 0.29) is 60.6 Å². The normalized spacial score (nSPS) is 21.3. The number of fused-ring (bicyclic) bond motifs is 1. The van der Waals surface area contributed by atoms with Crippen LogP contribution in [0.25, 0.3) is 0 Å². The molecule has 0 bridgehead atoms. The highest BCUT2D eigenvalue weighted by Crippen LogP contribution is 2.38. The first kappa shape index (κ1) is 21.0. The van der Waals surface area contributed by atoms with Crippen molar-refractivity contribution in [2.45, 2.75) is 45.3 Å². The molecule has 158 valence electrons. The highest BCUT2D eigenvalue weighted by molar-refractivity contribution is 6.05. The summed E-state index contributed by atoms with van der Waals surface area (Å²) >= 11 is 0. The molecule has 1 N–H and O–H groups in total. The number of ether oxygens (including phenoxy) is 2. The lowest BCUT2D eigenvalue weighted by atomic mass is 9.81. The molecule has 0 spiro atoms. The number of amides is 3. The van der Waals surface area contributed by atoms with Crippen LogP contribution in [0.4, 0.5) is 8.78 Å². The lowest BCUT2D eigenvalue weighted by Crippen LogP contribution is -2.35. The minimum absolute atomic E-state index is 0.0145. The lowest BCUT2D eigenvalue weighted by molar-refractivity contribution is -0.140. The van der Waals surface area contributed by atoms with Gasteiger partial charge in [0, 0.05) is 19.5 Å². The highest BCUT2D eigenvalue weighted by Gasteiger charge is 2.47. The van der Waals surface area contributed by atoms with Gasteiger partial charge in [-0.05, 0) is 30.5 Å². The van der Waals surface area contributed by atoms with Crippen molar-refractivity contribution >= 4 is 17.7 Å². The second kappa shape index (κ2) is 9.19. The van der Waals surface area contributed by atoms with Gasteiger partial charge in [0.1, 0.15) is 0 Å². The molecule has 3 amide bonds. The van der Waals surface area contributed by atoms with Crippen LogP contribution in [0.2, 0.25) is 0 Å². The van der Waals surface area contributed by atoms with E-state index in [0.717, 1.165) is 25.7 Å². The van der Waals surface area contributed by atoms with Crippen LogP contribution in [0.5, 0.6) is 11.5 Å². The molecule has 9 heteroatoms. The SMILES string of the molecule is COc1cc(CNC(=O)CCN2C(=O)[C@@H]3CCCC[C@H]3C2=O)ccc1OC(F)F. The number of hydrogen-bond acceptors (Lipinski definition) is 5. The van der Waals surface area contributed by atoms with Crippen molar-refractivity contribution in [2.24, 2.45) is 11.8 Å². The van der Waals surface area contributed by atoms with Crippen molar-refractivity contribution < 1.29 is 32.6 Å². The van der Waals surface area contributed by atoms with E-state index in [1.807, 2.05) is 0 Å². The number of nitrogens with one attached hydrogen (secondary N) is 1. The number of benzene rings is 1. The van der Waals surface area contributed by atoms with Crippen LogP contribution in [0, 0.1) is 11.8 Å². The van der Waals surface area contributed by atoms with E-state index >= 15 is 0 Å². The number of halogens is 2. The van der Waals surface area contributed by atoms with E-state index in [4.69, 9.17) is 4.74 Å². The minimum atomic E-state index is -2.96. The summed E-state index contributed by atoms with van der Waals surface area (Å²) in [5.74, 6) is -1.04. The van der Waals surface area contributed by atoms with E-state index in [0.29, 0.717) is 5.56 Å². The summed E-state index contributed by atoms with van der Waals surface area (Å²) in [6, 6.07) is 4.38. The average molecular weight is 410 g/mol. The van der Waals surface area contributed by atoms with E-state index in [1.54, 1.807) is 6.07 Å². The van der Waals surface area contributed by atoms with Crippen molar-refractivity contribution in [2.75, 3.05) is 13.7 Å². The Morgan fingerprint density at radius 3 is 2.41 bits per heavy atom. The van der Waals surface area contributed by atoms with Gasteiger partial charge < -0.3 is 14.8 Å². The van der Waals surface area contributed by atoms with Crippen LogP contribution in [-0.4, -0.2) is 42.9 Å². The maximum atomic E-state index is 12.4. The van der Waals surface area contributed by atoms with Crippen LogP contribution < -0.4 is 14.8 Å². The number of carbonyl (C=O) groups is 3. The molecule has 1 saturated heterocycles. The van der Waals surface area contributed by atoms with Crippen LogP contribution in [0.3, 0.4) is 0 Å². The quantitative estimate of drug-likeness (QED) is 0.666. The van der Waals surface area contributed by atoms with Crippen molar-refractivity contribution in [1.29, 1.82) is 0 Å². The van der Waals surface area contributed by atoms with Gasteiger partial charge in [-0.15, -0.1) is 0 Å². The lowest BCUT2D eigenvalue weighted by Gasteiger charge is -2.19. The summed E-state index contributed by atoms with van der Waals surface area (Å²) in [5.41, 5.74) is 0.635. The Balaban J connectivity index is 1.50. The predicted octanol–water partition coefficient (Wildman–Crippen LogP) is 2.48. The van der Waals surface area contributed by atoms with Gasteiger partial charge in [0.15, 0.2) is 11.5 Å². The maximum Gasteiger partial charge on any atom is 0.387 e. The molecule has 1 heterocycles. The van der Waals surface area contributed by atoms with Crippen LogP contribution >= 0.6 is 0 Å². The summed E-state index contributed by atoms with van der Waals surface area (Å²) in [6.07, 6.45) is 3.41. The summed E-state index contributed by atoms with van der Waals surface area (Å²) in [6.45, 7) is -2.74. The molecule has 2 atom stereocenters. The minimum Gasteiger partial charge on any atom is -0.493 e. The molecule has 1 aliphatic carbocycles. The fourth-order valence-electron chi connectivity index (χ4n) is 3.97. The number of imide groups is 1. The van der Waals surface area contributed by atoms with Crippen molar-refractivity contribution in [1.82, 2.24) is 10.2 Å². The molecule has 0 aromatic heterocycles. The van der Waals surface area contributed by atoms with Crippen molar-refractivity contribution in [3.63, 3.8) is 0 Å². The predicted molar refractivity (Wildman–Crippen MR) is 98.3 cm³/mol. The van der Waals surface area contributed by atoms with Gasteiger partial charge in [0.05, 0.1) is 18.9 Å². The first-order chi connectivity index (χ1) is 13.9. The topological polar surface area (TPSA) is 84.9 Å². The Morgan fingerprint density at radius 1 is 1.17 bits per heavy atom. The number of rotatable bonds is 8. The standard InChI is InChI=1S/C20H24F2N2O5/c1-28-16-10-12(6-7-15(16)29-20(21)22)11-23-17(25)8-9-24-18(26)13-4-2-3-5-14(13)19(24)27/h6-7,10,13-14,20H,2-5,8-9,11H2,1H3,(H,23,25)/t13-,14-/m1/s1. The Kier molecular flexibility index (Phi) is 6.66. The third-order valence-corrected chi connectivity index (χ3v) is 5.43. The molecule has 29 heavy (non-hydrogen) atoms. The molecule has 0 unspecified atom stereocenters. The molecular formula is C20H24F2N2O5. The second-order valence-electron chi connectivity index (χ2n) is 7.22.